The van der Waals surface area contributed by atoms with E-state index < -0.39 is 17.1 Å². The lowest BCUT2D eigenvalue weighted by atomic mass is 9.79. The van der Waals surface area contributed by atoms with Crippen LogP contribution in [0.1, 0.15) is 20.8 Å². The van der Waals surface area contributed by atoms with Crippen molar-refractivity contribution in [2.75, 3.05) is 11.0 Å². The highest BCUT2D eigenvalue weighted by Gasteiger charge is 2.43. The molecule has 5 nitrogen and oxygen atoms in total. The lowest BCUT2D eigenvalue weighted by Crippen LogP contribution is -2.34. The van der Waals surface area contributed by atoms with Crippen LogP contribution in [-0.2, 0) is 19.3 Å². The quantitative estimate of drug-likeness (QED) is 0.839. The molecule has 0 radical (unpaired) electrons. The van der Waals surface area contributed by atoms with Crippen LogP contribution in [0.5, 0.6) is 0 Å². The van der Waals surface area contributed by atoms with Crippen LogP contribution in [0.2, 0.25) is 0 Å². The van der Waals surface area contributed by atoms with E-state index in [-0.39, 0.29) is 11.7 Å². The molecule has 0 bridgehead atoms. The first kappa shape index (κ1) is 14.4. The van der Waals surface area contributed by atoms with Gasteiger partial charge in [-0.15, -0.1) is 0 Å². The Balaban J connectivity index is 2.21. The number of hydrogen-bond donors (Lipinski definition) is 1. The number of anilines is 1. The van der Waals surface area contributed by atoms with Gasteiger partial charge < -0.3 is 9.31 Å². The molecule has 1 atom stereocenters. The molecule has 1 aromatic carbocycles. The summed E-state index contributed by atoms with van der Waals surface area (Å²) in [7, 11) is -3.75. The zero-order valence-electron chi connectivity index (χ0n) is 11.5. The van der Waals surface area contributed by atoms with Crippen LogP contribution < -0.4 is 10.2 Å². The van der Waals surface area contributed by atoms with Gasteiger partial charge in [0.2, 0.25) is 10.0 Å². The molecule has 0 aromatic heterocycles. The summed E-state index contributed by atoms with van der Waals surface area (Å²) in [5.41, 5.74) is 0.945. The third-order valence-corrected chi connectivity index (χ3v) is 3.79. The number of benzene rings is 1. The smallest absolute Gasteiger partial charge is 0.402 e. The Hall–Kier alpha value is -1.05. The fraction of sp³-hybridized carbons (Fsp3) is 0.500. The summed E-state index contributed by atoms with van der Waals surface area (Å²) in [6.07, 6.45) is 1.09. The first-order valence-corrected chi connectivity index (χ1v) is 7.97. The average Bonchev–Trinajstić information content (AvgIpc) is 2.51. The number of rotatable bonds is 3. The number of nitrogens with one attached hydrogen (secondary N) is 1. The van der Waals surface area contributed by atoms with Gasteiger partial charge in [0.25, 0.3) is 0 Å². The van der Waals surface area contributed by atoms with Gasteiger partial charge in [-0.2, -0.15) is 0 Å². The lowest BCUT2D eigenvalue weighted by molar-refractivity contribution is 0.0842. The summed E-state index contributed by atoms with van der Waals surface area (Å²) in [6.45, 7) is 5.89. The van der Waals surface area contributed by atoms with E-state index in [0.717, 1.165) is 11.7 Å². The normalized spacial score (nSPS) is 22.5. The molecule has 1 fully saturated rings. The number of sulfonamides is 1. The summed E-state index contributed by atoms with van der Waals surface area (Å²) in [4.78, 5) is 0. The second kappa shape index (κ2) is 4.81. The van der Waals surface area contributed by atoms with E-state index in [1.165, 1.54) is 0 Å². The van der Waals surface area contributed by atoms with Crippen molar-refractivity contribution in [1.29, 1.82) is 0 Å². The van der Waals surface area contributed by atoms with Gasteiger partial charge >= 0.3 is 7.12 Å². The van der Waals surface area contributed by atoms with Crippen molar-refractivity contribution in [3.63, 3.8) is 0 Å². The molecule has 0 aliphatic carbocycles. The van der Waals surface area contributed by atoms with Crippen molar-refractivity contribution in [3.05, 3.63) is 24.3 Å². The van der Waals surface area contributed by atoms with E-state index in [1.54, 1.807) is 18.2 Å². The third kappa shape index (κ3) is 3.49. The van der Waals surface area contributed by atoms with E-state index in [0.29, 0.717) is 5.69 Å². The minimum absolute atomic E-state index is 0.0241. The minimum atomic E-state index is -3.28. The maximum absolute atomic E-state index is 11.2. The Morgan fingerprint density at radius 1 is 1.37 bits per heavy atom. The summed E-state index contributed by atoms with van der Waals surface area (Å²) in [6, 6.07) is 7.03. The molecule has 1 aliphatic heterocycles. The Morgan fingerprint density at radius 2 is 2.05 bits per heavy atom. The van der Waals surface area contributed by atoms with E-state index in [2.05, 4.69) is 4.72 Å². The standard InChI is InChI=1S/C12H18BNO4S/c1-9-12(2,3)18-13(17-9)10-6-5-7-11(8-10)14-19(4,15)16/h5-9,14H,1-4H3. The highest BCUT2D eigenvalue weighted by atomic mass is 32.2. The molecule has 1 aliphatic rings. The van der Waals surface area contributed by atoms with Gasteiger partial charge in [0.15, 0.2) is 0 Å². The van der Waals surface area contributed by atoms with E-state index in [1.807, 2.05) is 26.8 Å². The first-order chi connectivity index (χ1) is 8.67. The second-order valence-electron chi connectivity index (χ2n) is 5.33. The maximum atomic E-state index is 11.2. The van der Waals surface area contributed by atoms with Crippen molar-refractivity contribution in [3.8, 4) is 0 Å². The first-order valence-electron chi connectivity index (χ1n) is 6.08. The Bertz CT molecular complexity index is 573. The van der Waals surface area contributed by atoms with Gasteiger partial charge in [-0.25, -0.2) is 8.42 Å². The van der Waals surface area contributed by atoms with Crippen molar-refractivity contribution in [2.45, 2.75) is 32.5 Å². The molecule has 0 amide bonds. The van der Waals surface area contributed by atoms with E-state index >= 15 is 0 Å². The highest BCUT2D eigenvalue weighted by Crippen LogP contribution is 2.27. The summed E-state index contributed by atoms with van der Waals surface area (Å²) < 4.78 is 36.4. The van der Waals surface area contributed by atoms with E-state index in [9.17, 15) is 8.42 Å². The largest absolute Gasteiger partial charge is 0.494 e. The van der Waals surface area contributed by atoms with Gasteiger partial charge in [0.1, 0.15) is 0 Å². The Morgan fingerprint density at radius 3 is 2.58 bits per heavy atom. The van der Waals surface area contributed by atoms with Crippen molar-refractivity contribution in [2.24, 2.45) is 0 Å². The molecule has 0 saturated carbocycles. The Labute approximate surface area is 114 Å². The fourth-order valence-corrected chi connectivity index (χ4v) is 2.41. The minimum Gasteiger partial charge on any atom is -0.402 e. The number of hydrogen-bond acceptors (Lipinski definition) is 4. The molecular formula is C12H18BNO4S. The molecule has 19 heavy (non-hydrogen) atoms. The molecule has 1 N–H and O–H groups in total. The summed E-state index contributed by atoms with van der Waals surface area (Å²) in [5, 5.41) is 0. The monoisotopic (exact) mass is 283 g/mol. The fourth-order valence-electron chi connectivity index (χ4n) is 1.86. The van der Waals surface area contributed by atoms with Gasteiger partial charge in [-0.05, 0) is 38.4 Å². The van der Waals surface area contributed by atoms with Crippen LogP contribution in [-0.4, -0.2) is 33.5 Å². The molecule has 2 rings (SSSR count). The average molecular weight is 283 g/mol. The van der Waals surface area contributed by atoms with Crippen molar-refractivity contribution in [1.82, 2.24) is 0 Å². The van der Waals surface area contributed by atoms with Crippen LogP contribution in [0.3, 0.4) is 0 Å². The molecule has 0 spiro atoms. The van der Waals surface area contributed by atoms with E-state index in [4.69, 9.17) is 9.31 Å². The Kier molecular flexibility index (Phi) is 3.64. The lowest BCUT2D eigenvalue weighted by Gasteiger charge is -2.21. The van der Waals surface area contributed by atoms with Gasteiger partial charge in [0, 0.05) is 5.69 Å². The predicted octanol–water partition coefficient (Wildman–Crippen LogP) is 0.967. The molecular weight excluding hydrogens is 265 g/mol. The molecule has 1 unspecified atom stereocenters. The van der Waals surface area contributed by atoms with Crippen LogP contribution in [0.4, 0.5) is 5.69 Å². The van der Waals surface area contributed by atoms with Crippen LogP contribution in [0.15, 0.2) is 24.3 Å². The zero-order valence-corrected chi connectivity index (χ0v) is 12.3. The maximum Gasteiger partial charge on any atom is 0.494 e. The molecule has 104 valence electrons. The highest BCUT2D eigenvalue weighted by molar-refractivity contribution is 7.92. The summed E-state index contributed by atoms with van der Waals surface area (Å²) >= 11 is 0. The van der Waals surface area contributed by atoms with Crippen LogP contribution in [0.25, 0.3) is 0 Å². The molecule has 7 heteroatoms. The second-order valence-corrected chi connectivity index (χ2v) is 7.08. The van der Waals surface area contributed by atoms with Gasteiger partial charge in [0.05, 0.1) is 18.0 Å². The summed E-state index contributed by atoms with van der Waals surface area (Å²) in [5.74, 6) is 0. The SMILES string of the molecule is CC1OB(c2cccc(NS(C)(=O)=O)c2)OC1(C)C. The molecule has 1 heterocycles. The van der Waals surface area contributed by atoms with Crippen LogP contribution >= 0.6 is 0 Å². The van der Waals surface area contributed by atoms with Gasteiger partial charge in [-0.1, -0.05) is 12.1 Å². The zero-order chi connectivity index (χ0) is 14.3. The third-order valence-electron chi connectivity index (χ3n) is 3.18. The molecule has 1 aromatic rings. The van der Waals surface area contributed by atoms with Crippen molar-refractivity contribution < 1.29 is 17.7 Å². The van der Waals surface area contributed by atoms with Gasteiger partial charge in [-0.3, -0.25) is 4.72 Å². The van der Waals surface area contributed by atoms with Crippen molar-refractivity contribution >= 4 is 28.3 Å². The predicted molar refractivity (Wildman–Crippen MR) is 76.0 cm³/mol. The topological polar surface area (TPSA) is 64.6 Å². The molecule has 1 saturated heterocycles. The van der Waals surface area contributed by atoms with Crippen LogP contribution in [0, 0.1) is 0 Å².